The Hall–Kier alpha value is -2.69. The topological polar surface area (TPSA) is 63.7 Å². The average Bonchev–Trinajstić information content (AvgIpc) is 2.98. The largest absolute Gasteiger partial charge is 0.466 e. The molecule has 1 fully saturated rings. The summed E-state index contributed by atoms with van der Waals surface area (Å²) in [4.78, 5) is 38.3. The SMILES string of the molecule is C=C1C=Cc2ccccc2C1C1CC(=O)N(CCCCCCC(=O)OCC)C1=O. The van der Waals surface area contributed by atoms with Crippen LogP contribution in [0.4, 0.5) is 0 Å². The number of carbonyl (C=O) groups excluding carboxylic acids is 3. The molecule has 1 aliphatic heterocycles. The van der Waals surface area contributed by atoms with Gasteiger partial charge in [0.15, 0.2) is 0 Å². The molecule has 2 aliphatic rings. The fourth-order valence-corrected chi connectivity index (χ4v) is 4.25. The number of unbranched alkanes of at least 4 members (excludes halogenated alkanes) is 3. The molecule has 1 heterocycles. The van der Waals surface area contributed by atoms with E-state index in [2.05, 4.69) is 6.58 Å². The number of nitrogens with zero attached hydrogens (tertiary/aromatic N) is 1. The first kappa shape index (κ1) is 21.0. The lowest BCUT2D eigenvalue weighted by Crippen LogP contribution is -2.33. The third-order valence-corrected chi connectivity index (χ3v) is 5.71. The zero-order valence-electron chi connectivity index (χ0n) is 17.1. The number of ether oxygens (including phenoxy) is 1. The highest BCUT2D eigenvalue weighted by molar-refractivity contribution is 6.04. The molecule has 1 aliphatic carbocycles. The third-order valence-electron chi connectivity index (χ3n) is 5.71. The monoisotopic (exact) mass is 395 g/mol. The number of esters is 1. The number of allylic oxidation sites excluding steroid dienone is 2. The van der Waals surface area contributed by atoms with Gasteiger partial charge in [0.25, 0.3) is 0 Å². The van der Waals surface area contributed by atoms with Crippen molar-refractivity contribution in [1.82, 2.24) is 4.90 Å². The molecular formula is C24H29NO4. The van der Waals surface area contributed by atoms with Gasteiger partial charge in [-0.25, -0.2) is 0 Å². The highest BCUT2D eigenvalue weighted by Gasteiger charge is 2.44. The Bertz CT molecular complexity index is 826. The molecule has 3 rings (SSSR count). The van der Waals surface area contributed by atoms with Gasteiger partial charge >= 0.3 is 5.97 Å². The zero-order chi connectivity index (χ0) is 20.8. The Morgan fingerprint density at radius 3 is 2.69 bits per heavy atom. The van der Waals surface area contributed by atoms with Crippen molar-refractivity contribution in [1.29, 1.82) is 0 Å². The van der Waals surface area contributed by atoms with Crippen LogP contribution in [-0.2, 0) is 19.1 Å². The van der Waals surface area contributed by atoms with E-state index < -0.39 is 0 Å². The molecule has 1 saturated heterocycles. The standard InChI is InChI=1S/C24H29NO4/c1-3-29-22(27)12-6-4-5-9-15-25-21(26)16-20(24(25)28)23-17(2)13-14-18-10-7-8-11-19(18)23/h7-8,10-11,13-14,20,23H,2-6,9,12,15-16H2,1H3. The maximum atomic E-state index is 13.0. The quantitative estimate of drug-likeness (QED) is 0.356. The molecule has 0 saturated carbocycles. The molecule has 1 aromatic rings. The molecule has 0 bridgehead atoms. The van der Waals surface area contributed by atoms with Crippen molar-refractivity contribution < 1.29 is 19.1 Å². The summed E-state index contributed by atoms with van der Waals surface area (Å²) in [5.74, 6) is -0.849. The van der Waals surface area contributed by atoms with Crippen LogP contribution in [0.3, 0.4) is 0 Å². The molecule has 0 aromatic heterocycles. The number of fused-ring (bicyclic) bond motifs is 1. The molecule has 0 radical (unpaired) electrons. The zero-order valence-corrected chi connectivity index (χ0v) is 17.1. The average molecular weight is 395 g/mol. The molecular weight excluding hydrogens is 366 g/mol. The van der Waals surface area contributed by atoms with Crippen LogP contribution < -0.4 is 0 Å². The maximum absolute atomic E-state index is 13.0. The Morgan fingerprint density at radius 1 is 1.14 bits per heavy atom. The van der Waals surface area contributed by atoms with Gasteiger partial charge in [0.2, 0.25) is 11.8 Å². The van der Waals surface area contributed by atoms with Crippen molar-refractivity contribution in [2.24, 2.45) is 5.92 Å². The van der Waals surface area contributed by atoms with Gasteiger partial charge in [-0.05, 0) is 36.5 Å². The van der Waals surface area contributed by atoms with Crippen molar-refractivity contribution in [2.75, 3.05) is 13.2 Å². The van der Waals surface area contributed by atoms with Crippen molar-refractivity contribution >= 4 is 23.9 Å². The van der Waals surface area contributed by atoms with Crippen molar-refractivity contribution in [3.8, 4) is 0 Å². The van der Waals surface area contributed by atoms with E-state index >= 15 is 0 Å². The number of likely N-dealkylation sites (tertiary alicyclic amines) is 1. The van der Waals surface area contributed by atoms with Gasteiger partial charge in [-0.2, -0.15) is 0 Å². The fourth-order valence-electron chi connectivity index (χ4n) is 4.25. The minimum absolute atomic E-state index is 0.0854. The number of hydrogen-bond donors (Lipinski definition) is 0. The minimum Gasteiger partial charge on any atom is -0.466 e. The summed E-state index contributed by atoms with van der Waals surface area (Å²) in [5, 5.41) is 0. The smallest absolute Gasteiger partial charge is 0.305 e. The predicted molar refractivity (Wildman–Crippen MR) is 112 cm³/mol. The molecule has 5 heteroatoms. The van der Waals surface area contributed by atoms with E-state index in [1.165, 1.54) is 4.90 Å². The number of benzene rings is 1. The first-order chi connectivity index (χ1) is 14.0. The Morgan fingerprint density at radius 2 is 1.90 bits per heavy atom. The fraction of sp³-hybridized carbons (Fsp3) is 0.458. The summed E-state index contributed by atoms with van der Waals surface area (Å²) >= 11 is 0. The van der Waals surface area contributed by atoms with Gasteiger partial charge in [0.05, 0.1) is 12.5 Å². The highest BCUT2D eigenvalue weighted by atomic mass is 16.5. The normalized spacial score (nSPS) is 20.9. The van der Waals surface area contributed by atoms with Crippen LogP contribution in [-0.4, -0.2) is 35.8 Å². The van der Waals surface area contributed by atoms with Crippen LogP contribution in [0.2, 0.25) is 0 Å². The van der Waals surface area contributed by atoms with E-state index in [1.807, 2.05) is 36.4 Å². The third kappa shape index (κ3) is 4.84. The summed E-state index contributed by atoms with van der Waals surface area (Å²) in [6.45, 7) is 6.80. The van der Waals surface area contributed by atoms with Gasteiger partial charge in [-0.3, -0.25) is 19.3 Å². The molecule has 2 unspecified atom stereocenters. The van der Waals surface area contributed by atoms with Gasteiger partial charge in [0, 0.05) is 25.3 Å². The van der Waals surface area contributed by atoms with Crippen LogP contribution >= 0.6 is 0 Å². The number of rotatable bonds is 9. The molecule has 0 spiro atoms. The van der Waals surface area contributed by atoms with Gasteiger partial charge in [-0.15, -0.1) is 0 Å². The van der Waals surface area contributed by atoms with Gasteiger partial charge < -0.3 is 4.74 Å². The number of carbonyl (C=O) groups is 3. The Kier molecular flexibility index (Phi) is 7.02. The molecule has 2 atom stereocenters. The molecule has 154 valence electrons. The molecule has 1 aromatic carbocycles. The van der Waals surface area contributed by atoms with Crippen LogP contribution in [0, 0.1) is 5.92 Å². The predicted octanol–water partition coefficient (Wildman–Crippen LogP) is 4.24. The van der Waals surface area contributed by atoms with Crippen LogP contribution in [0.1, 0.15) is 62.5 Å². The molecule has 0 N–H and O–H groups in total. The lowest BCUT2D eigenvalue weighted by Gasteiger charge is -2.28. The first-order valence-corrected chi connectivity index (χ1v) is 10.5. The van der Waals surface area contributed by atoms with E-state index in [4.69, 9.17) is 4.74 Å². The van der Waals surface area contributed by atoms with Crippen LogP contribution in [0.15, 0.2) is 42.5 Å². The lowest BCUT2D eigenvalue weighted by molar-refractivity contribution is -0.143. The summed E-state index contributed by atoms with van der Waals surface area (Å²) in [7, 11) is 0. The summed E-state index contributed by atoms with van der Waals surface area (Å²) in [6, 6.07) is 8.00. The van der Waals surface area contributed by atoms with E-state index in [0.29, 0.717) is 19.6 Å². The second-order valence-corrected chi connectivity index (χ2v) is 7.68. The van der Waals surface area contributed by atoms with Crippen LogP contribution in [0.25, 0.3) is 6.08 Å². The van der Waals surface area contributed by atoms with E-state index in [9.17, 15) is 14.4 Å². The second kappa shape index (κ2) is 9.68. The van der Waals surface area contributed by atoms with Crippen LogP contribution in [0.5, 0.6) is 0 Å². The second-order valence-electron chi connectivity index (χ2n) is 7.68. The highest BCUT2D eigenvalue weighted by Crippen LogP contribution is 2.42. The van der Waals surface area contributed by atoms with Gasteiger partial charge in [-0.1, -0.05) is 55.8 Å². The Labute approximate surface area is 172 Å². The summed E-state index contributed by atoms with van der Waals surface area (Å²) < 4.78 is 4.91. The van der Waals surface area contributed by atoms with E-state index in [0.717, 1.165) is 42.4 Å². The Balaban J connectivity index is 1.53. The van der Waals surface area contributed by atoms with E-state index in [-0.39, 0.29) is 36.0 Å². The number of imide groups is 1. The van der Waals surface area contributed by atoms with Crippen molar-refractivity contribution in [3.05, 3.63) is 53.6 Å². The molecule has 2 amide bonds. The van der Waals surface area contributed by atoms with E-state index in [1.54, 1.807) is 6.92 Å². The molecule has 29 heavy (non-hydrogen) atoms. The van der Waals surface area contributed by atoms with Crippen molar-refractivity contribution in [2.45, 2.75) is 51.4 Å². The number of amides is 2. The van der Waals surface area contributed by atoms with Gasteiger partial charge in [0.1, 0.15) is 0 Å². The minimum atomic E-state index is -0.370. The lowest BCUT2D eigenvalue weighted by atomic mass is 9.75. The number of hydrogen-bond acceptors (Lipinski definition) is 4. The van der Waals surface area contributed by atoms with Crippen molar-refractivity contribution in [3.63, 3.8) is 0 Å². The summed E-state index contributed by atoms with van der Waals surface area (Å²) in [5.41, 5.74) is 3.05. The molecule has 5 nitrogen and oxygen atoms in total. The summed E-state index contributed by atoms with van der Waals surface area (Å²) in [6.07, 6.45) is 7.94. The maximum Gasteiger partial charge on any atom is 0.305 e. The first-order valence-electron chi connectivity index (χ1n) is 10.5.